The van der Waals surface area contributed by atoms with Crippen molar-refractivity contribution >= 4 is 15.9 Å². The Bertz CT molecular complexity index is 229. The van der Waals surface area contributed by atoms with Crippen molar-refractivity contribution in [1.29, 1.82) is 0 Å². The minimum Gasteiger partial charge on any atom is -0.0847 e. The van der Waals surface area contributed by atoms with Crippen molar-refractivity contribution in [3.63, 3.8) is 0 Å². The van der Waals surface area contributed by atoms with Gasteiger partial charge in [-0.3, -0.25) is 0 Å². The average Bonchev–Trinajstić information content (AvgIpc) is 2.32. The van der Waals surface area contributed by atoms with Crippen LogP contribution in [-0.2, 0) is 0 Å². The molecule has 0 aromatic heterocycles. The summed E-state index contributed by atoms with van der Waals surface area (Å²) in [4.78, 5) is 0. The lowest BCUT2D eigenvalue weighted by molar-refractivity contribution is 0.408. The molecule has 68 valence electrons. The third-order valence-corrected chi connectivity index (χ3v) is 5.04. The first kappa shape index (κ1) is 8.80. The van der Waals surface area contributed by atoms with Crippen LogP contribution in [0.15, 0.2) is 11.1 Å². The van der Waals surface area contributed by atoms with E-state index in [1.165, 1.54) is 32.1 Å². The highest BCUT2D eigenvalue weighted by Crippen LogP contribution is 2.52. The van der Waals surface area contributed by atoms with Gasteiger partial charge >= 0.3 is 0 Å². The van der Waals surface area contributed by atoms with Crippen molar-refractivity contribution < 1.29 is 0 Å². The Balaban J connectivity index is 2.25. The minimum atomic E-state index is 0.497. The van der Waals surface area contributed by atoms with E-state index in [-0.39, 0.29) is 0 Å². The predicted octanol–water partition coefficient (Wildman–Crippen LogP) is 4.05. The summed E-state index contributed by atoms with van der Waals surface area (Å²) in [5, 5.41) is 0. The normalized spacial score (nSPS) is 41.8. The molecule has 12 heavy (non-hydrogen) atoms. The van der Waals surface area contributed by atoms with E-state index in [2.05, 4.69) is 29.8 Å². The van der Waals surface area contributed by atoms with Gasteiger partial charge in [-0.2, -0.15) is 0 Å². The summed E-state index contributed by atoms with van der Waals surface area (Å²) in [6, 6.07) is 0. The van der Waals surface area contributed by atoms with E-state index in [0.29, 0.717) is 4.32 Å². The molecule has 0 unspecified atom stereocenters. The molecule has 0 aromatic rings. The van der Waals surface area contributed by atoms with Gasteiger partial charge in [0.1, 0.15) is 0 Å². The molecule has 0 nitrogen and oxygen atoms in total. The van der Waals surface area contributed by atoms with Crippen LogP contribution < -0.4 is 0 Å². The average molecular weight is 229 g/mol. The molecule has 0 heterocycles. The third kappa shape index (κ3) is 1.26. The van der Waals surface area contributed by atoms with Gasteiger partial charge in [0, 0.05) is 4.32 Å². The summed E-state index contributed by atoms with van der Waals surface area (Å²) >= 11 is 3.96. The first-order valence-corrected chi connectivity index (χ1v) is 5.75. The molecule has 0 aliphatic heterocycles. The maximum Gasteiger partial charge on any atom is 0.0326 e. The van der Waals surface area contributed by atoms with Crippen molar-refractivity contribution in [2.24, 2.45) is 5.92 Å². The van der Waals surface area contributed by atoms with E-state index < -0.39 is 0 Å². The molecular weight excluding hydrogens is 212 g/mol. The van der Waals surface area contributed by atoms with E-state index >= 15 is 0 Å². The molecule has 0 bridgehead atoms. The highest BCUT2D eigenvalue weighted by molar-refractivity contribution is 9.10. The van der Waals surface area contributed by atoms with Crippen molar-refractivity contribution in [1.82, 2.24) is 0 Å². The highest BCUT2D eigenvalue weighted by atomic mass is 79.9. The zero-order valence-corrected chi connectivity index (χ0v) is 9.58. The lowest BCUT2D eigenvalue weighted by Crippen LogP contribution is -2.30. The minimum absolute atomic E-state index is 0.497. The Hall–Kier alpha value is 0.220. The number of allylic oxidation sites excluding steroid dienone is 2. The second kappa shape index (κ2) is 2.87. The van der Waals surface area contributed by atoms with Gasteiger partial charge in [0.2, 0.25) is 0 Å². The summed E-state index contributed by atoms with van der Waals surface area (Å²) < 4.78 is 0.497. The van der Waals surface area contributed by atoms with Crippen LogP contribution in [-0.4, -0.2) is 4.32 Å². The molecule has 0 saturated heterocycles. The SMILES string of the molecule is CC1=C(C)C[C@]2(Br)CCC[C@@H]2C1. The Kier molecular flexibility index (Phi) is 2.10. The van der Waals surface area contributed by atoms with E-state index in [1.54, 1.807) is 11.1 Å². The largest absolute Gasteiger partial charge is 0.0847 e. The number of hydrogen-bond acceptors (Lipinski definition) is 0. The molecule has 1 fully saturated rings. The van der Waals surface area contributed by atoms with Gasteiger partial charge in [-0.15, -0.1) is 0 Å². The Morgan fingerprint density at radius 1 is 1.33 bits per heavy atom. The quantitative estimate of drug-likeness (QED) is 0.434. The van der Waals surface area contributed by atoms with Gasteiger partial charge in [0.05, 0.1) is 0 Å². The monoisotopic (exact) mass is 228 g/mol. The summed E-state index contributed by atoms with van der Waals surface area (Å²) in [6.07, 6.45) is 6.90. The van der Waals surface area contributed by atoms with Crippen molar-refractivity contribution in [3.05, 3.63) is 11.1 Å². The second-order valence-corrected chi connectivity index (χ2v) is 6.14. The van der Waals surface area contributed by atoms with Gasteiger partial charge in [-0.05, 0) is 45.4 Å². The molecule has 0 N–H and O–H groups in total. The third-order valence-electron chi connectivity index (χ3n) is 3.72. The van der Waals surface area contributed by atoms with Crippen molar-refractivity contribution in [2.45, 2.75) is 50.3 Å². The fraction of sp³-hybridized carbons (Fsp3) is 0.818. The maximum atomic E-state index is 3.96. The number of hydrogen-bond donors (Lipinski definition) is 0. The lowest BCUT2D eigenvalue weighted by atomic mass is 9.78. The number of halogens is 1. The van der Waals surface area contributed by atoms with E-state index in [0.717, 1.165) is 5.92 Å². The van der Waals surface area contributed by atoms with Crippen LogP contribution in [0.25, 0.3) is 0 Å². The van der Waals surface area contributed by atoms with Crippen LogP contribution in [0, 0.1) is 5.92 Å². The molecular formula is C11H17Br. The van der Waals surface area contributed by atoms with E-state index in [1.807, 2.05) is 0 Å². The molecule has 0 amide bonds. The molecule has 0 aromatic carbocycles. The number of rotatable bonds is 0. The van der Waals surface area contributed by atoms with Crippen LogP contribution in [0.4, 0.5) is 0 Å². The fourth-order valence-corrected chi connectivity index (χ4v) is 3.85. The zero-order chi connectivity index (χ0) is 8.77. The summed E-state index contributed by atoms with van der Waals surface area (Å²) in [5.74, 6) is 0.932. The first-order valence-electron chi connectivity index (χ1n) is 4.96. The Morgan fingerprint density at radius 2 is 2.08 bits per heavy atom. The molecule has 2 atom stereocenters. The van der Waals surface area contributed by atoms with Crippen LogP contribution in [0.1, 0.15) is 46.0 Å². The lowest BCUT2D eigenvalue weighted by Gasteiger charge is -2.35. The summed E-state index contributed by atoms with van der Waals surface area (Å²) in [6.45, 7) is 4.60. The fourth-order valence-electron chi connectivity index (χ4n) is 2.76. The molecule has 1 heteroatoms. The van der Waals surface area contributed by atoms with Gasteiger partial charge in [-0.1, -0.05) is 33.5 Å². The topological polar surface area (TPSA) is 0 Å². The van der Waals surface area contributed by atoms with Crippen LogP contribution in [0.5, 0.6) is 0 Å². The zero-order valence-electron chi connectivity index (χ0n) is 7.99. The molecule has 2 rings (SSSR count). The van der Waals surface area contributed by atoms with Crippen molar-refractivity contribution in [3.8, 4) is 0 Å². The maximum absolute atomic E-state index is 3.96. The van der Waals surface area contributed by atoms with Gasteiger partial charge in [-0.25, -0.2) is 0 Å². The van der Waals surface area contributed by atoms with Crippen LogP contribution in [0.3, 0.4) is 0 Å². The van der Waals surface area contributed by atoms with E-state index in [9.17, 15) is 0 Å². The highest BCUT2D eigenvalue weighted by Gasteiger charge is 2.42. The Morgan fingerprint density at radius 3 is 2.83 bits per heavy atom. The summed E-state index contributed by atoms with van der Waals surface area (Å²) in [7, 11) is 0. The smallest absolute Gasteiger partial charge is 0.0326 e. The van der Waals surface area contributed by atoms with Gasteiger partial charge < -0.3 is 0 Å². The second-order valence-electron chi connectivity index (χ2n) is 4.57. The molecule has 2 aliphatic rings. The molecule has 1 saturated carbocycles. The van der Waals surface area contributed by atoms with Gasteiger partial charge in [0.25, 0.3) is 0 Å². The predicted molar refractivity (Wildman–Crippen MR) is 56.6 cm³/mol. The first-order chi connectivity index (χ1) is 5.62. The molecule has 0 radical (unpaired) electrons. The summed E-state index contributed by atoms with van der Waals surface area (Å²) in [5.41, 5.74) is 3.28. The number of fused-ring (bicyclic) bond motifs is 1. The Labute approximate surface area is 83.6 Å². The molecule has 0 spiro atoms. The van der Waals surface area contributed by atoms with Crippen LogP contribution in [0.2, 0.25) is 0 Å². The van der Waals surface area contributed by atoms with Crippen molar-refractivity contribution in [2.75, 3.05) is 0 Å². The van der Waals surface area contributed by atoms with Crippen LogP contribution >= 0.6 is 15.9 Å². The van der Waals surface area contributed by atoms with E-state index in [4.69, 9.17) is 0 Å². The van der Waals surface area contributed by atoms with Gasteiger partial charge in [0.15, 0.2) is 0 Å². The number of alkyl halides is 1. The molecule has 2 aliphatic carbocycles. The standard InChI is InChI=1S/C11H17Br/c1-8-6-10-4-3-5-11(10,12)7-9(8)2/h10H,3-7H2,1-2H3/t10-,11-/m1/s1.